The van der Waals surface area contributed by atoms with Crippen molar-refractivity contribution in [2.75, 3.05) is 0 Å². The largest absolute Gasteiger partial charge is 0.386 e. The minimum atomic E-state index is -0.964. The fourth-order valence-corrected chi connectivity index (χ4v) is 3.49. The van der Waals surface area contributed by atoms with Gasteiger partial charge in [0.25, 0.3) is 5.91 Å². The summed E-state index contributed by atoms with van der Waals surface area (Å²) in [5, 5.41) is 13.9. The molecule has 0 unspecified atom stereocenters. The lowest BCUT2D eigenvalue weighted by molar-refractivity contribution is 0.0831. The van der Waals surface area contributed by atoms with Crippen molar-refractivity contribution in [1.82, 2.24) is 10.3 Å². The van der Waals surface area contributed by atoms with Crippen molar-refractivity contribution < 1.29 is 14.3 Å². The van der Waals surface area contributed by atoms with Crippen LogP contribution >= 0.6 is 0 Å². The quantitative estimate of drug-likeness (QED) is 0.464. The zero-order chi connectivity index (χ0) is 21.6. The van der Waals surface area contributed by atoms with Crippen molar-refractivity contribution in [2.45, 2.75) is 12.1 Å². The monoisotopic (exact) mass is 412 g/mol. The smallest absolute Gasteiger partial charge is 0.251 e. The number of hydrogen-bond donors (Lipinski definition) is 2. The summed E-state index contributed by atoms with van der Waals surface area (Å²) in [6.07, 6.45) is 2.21. The van der Waals surface area contributed by atoms with Gasteiger partial charge in [0.15, 0.2) is 0 Å². The van der Waals surface area contributed by atoms with E-state index in [4.69, 9.17) is 0 Å². The third kappa shape index (κ3) is 4.68. The van der Waals surface area contributed by atoms with Gasteiger partial charge < -0.3 is 10.4 Å². The van der Waals surface area contributed by atoms with E-state index in [2.05, 4.69) is 10.3 Å². The van der Waals surface area contributed by atoms with Crippen molar-refractivity contribution in [3.05, 3.63) is 126 Å². The highest BCUT2D eigenvalue weighted by Gasteiger charge is 2.25. The number of carbonyl (C=O) groups excluding carboxylic acids is 1. The first-order chi connectivity index (χ1) is 15.1. The van der Waals surface area contributed by atoms with E-state index < -0.39 is 23.9 Å². The van der Waals surface area contributed by atoms with Crippen molar-refractivity contribution in [3.63, 3.8) is 0 Å². The van der Waals surface area contributed by atoms with Crippen LogP contribution in [0.25, 0.3) is 11.1 Å². The number of nitrogens with zero attached hydrogens (tertiary/aromatic N) is 1. The lowest BCUT2D eigenvalue weighted by Crippen LogP contribution is -2.32. The zero-order valence-corrected chi connectivity index (χ0v) is 16.7. The van der Waals surface area contributed by atoms with Gasteiger partial charge in [-0.05, 0) is 41.0 Å². The SMILES string of the molecule is O=C(N[C@H](c1ccccc1)[C@@H](O)c1ccccc1)c1ccc(-c2ccncc2)c(F)c1. The average molecular weight is 412 g/mol. The van der Waals surface area contributed by atoms with Crippen LogP contribution in [-0.2, 0) is 0 Å². The lowest BCUT2D eigenvalue weighted by Gasteiger charge is -2.25. The molecule has 4 rings (SSSR count). The Balaban J connectivity index is 1.61. The molecule has 0 aliphatic heterocycles. The molecule has 4 aromatic rings. The number of carbonyl (C=O) groups is 1. The second-order valence-electron chi connectivity index (χ2n) is 7.15. The highest BCUT2D eigenvalue weighted by molar-refractivity contribution is 5.95. The maximum atomic E-state index is 14.7. The summed E-state index contributed by atoms with van der Waals surface area (Å²) in [5.74, 6) is -0.970. The standard InChI is InChI=1S/C26H21FN2O2/c27-23-17-21(11-12-22(23)18-13-15-28-16-14-18)26(31)29-24(19-7-3-1-4-8-19)25(30)20-9-5-2-6-10-20/h1-17,24-25,30H,(H,29,31)/t24-,25+/m1/s1. The molecular weight excluding hydrogens is 391 g/mol. The van der Waals surface area contributed by atoms with Crippen molar-refractivity contribution in [3.8, 4) is 11.1 Å². The molecule has 0 spiro atoms. The van der Waals surface area contributed by atoms with Crippen LogP contribution in [0.3, 0.4) is 0 Å². The molecule has 5 heteroatoms. The number of aromatic nitrogens is 1. The molecule has 0 aliphatic carbocycles. The van der Waals surface area contributed by atoms with Crippen LogP contribution in [0, 0.1) is 5.82 Å². The molecule has 0 aliphatic rings. The summed E-state index contributed by atoms with van der Waals surface area (Å²) in [6, 6.07) is 25.4. The molecule has 0 saturated heterocycles. The Hall–Kier alpha value is -3.83. The third-order valence-corrected chi connectivity index (χ3v) is 5.12. The van der Waals surface area contributed by atoms with Gasteiger partial charge in [0.1, 0.15) is 11.9 Å². The normalized spacial score (nSPS) is 12.7. The van der Waals surface area contributed by atoms with Crippen LogP contribution in [0.4, 0.5) is 4.39 Å². The van der Waals surface area contributed by atoms with Gasteiger partial charge >= 0.3 is 0 Å². The fourth-order valence-electron chi connectivity index (χ4n) is 3.49. The molecule has 0 fully saturated rings. The third-order valence-electron chi connectivity index (χ3n) is 5.12. The lowest BCUT2D eigenvalue weighted by atomic mass is 9.95. The molecule has 1 aromatic heterocycles. The van der Waals surface area contributed by atoms with Gasteiger partial charge in [-0.25, -0.2) is 4.39 Å². The number of hydrogen-bond acceptors (Lipinski definition) is 3. The zero-order valence-electron chi connectivity index (χ0n) is 16.7. The summed E-state index contributed by atoms with van der Waals surface area (Å²) in [6.45, 7) is 0. The van der Waals surface area contributed by atoms with E-state index in [9.17, 15) is 14.3 Å². The van der Waals surface area contributed by atoms with Crippen LogP contribution in [0.15, 0.2) is 103 Å². The molecule has 2 atom stereocenters. The first-order valence-electron chi connectivity index (χ1n) is 9.92. The first-order valence-corrected chi connectivity index (χ1v) is 9.92. The molecule has 1 heterocycles. The van der Waals surface area contributed by atoms with Crippen LogP contribution < -0.4 is 5.32 Å². The average Bonchev–Trinajstić information content (AvgIpc) is 2.83. The number of amides is 1. The van der Waals surface area contributed by atoms with E-state index in [0.717, 1.165) is 5.56 Å². The topological polar surface area (TPSA) is 62.2 Å². The van der Waals surface area contributed by atoms with E-state index in [0.29, 0.717) is 16.7 Å². The molecule has 4 nitrogen and oxygen atoms in total. The van der Waals surface area contributed by atoms with Crippen molar-refractivity contribution in [2.24, 2.45) is 0 Å². The Morgan fingerprint density at radius 2 is 1.45 bits per heavy atom. The Bertz CT molecular complexity index is 1150. The van der Waals surface area contributed by atoms with Crippen LogP contribution in [0.2, 0.25) is 0 Å². The summed E-state index contributed by atoms with van der Waals surface area (Å²) < 4.78 is 14.7. The van der Waals surface area contributed by atoms with Crippen LogP contribution in [-0.4, -0.2) is 16.0 Å². The fraction of sp³-hybridized carbons (Fsp3) is 0.0769. The van der Waals surface area contributed by atoms with E-state index in [1.807, 2.05) is 48.5 Å². The molecule has 0 bridgehead atoms. The molecule has 3 aromatic carbocycles. The van der Waals surface area contributed by atoms with Crippen molar-refractivity contribution in [1.29, 1.82) is 0 Å². The predicted octanol–water partition coefficient (Wildman–Crippen LogP) is 5.09. The molecular formula is C26H21FN2O2. The Morgan fingerprint density at radius 3 is 2.06 bits per heavy atom. The second-order valence-corrected chi connectivity index (χ2v) is 7.15. The predicted molar refractivity (Wildman–Crippen MR) is 118 cm³/mol. The van der Waals surface area contributed by atoms with Gasteiger partial charge in [0.2, 0.25) is 0 Å². The molecule has 0 radical (unpaired) electrons. The number of aliphatic hydroxyl groups is 1. The van der Waals surface area contributed by atoms with Crippen LogP contribution in [0.5, 0.6) is 0 Å². The highest BCUT2D eigenvalue weighted by Crippen LogP contribution is 2.29. The number of aliphatic hydroxyl groups excluding tert-OH is 1. The summed E-state index contributed by atoms with van der Waals surface area (Å²) in [5.41, 5.74) is 2.68. The summed E-state index contributed by atoms with van der Waals surface area (Å²) in [4.78, 5) is 16.9. The highest BCUT2D eigenvalue weighted by atomic mass is 19.1. The molecule has 154 valence electrons. The van der Waals surface area contributed by atoms with Gasteiger partial charge in [-0.15, -0.1) is 0 Å². The van der Waals surface area contributed by atoms with E-state index in [1.165, 1.54) is 6.07 Å². The molecule has 31 heavy (non-hydrogen) atoms. The summed E-state index contributed by atoms with van der Waals surface area (Å²) in [7, 11) is 0. The minimum Gasteiger partial charge on any atom is -0.386 e. The number of benzene rings is 3. The van der Waals surface area contributed by atoms with Gasteiger partial charge in [0, 0.05) is 23.5 Å². The van der Waals surface area contributed by atoms with E-state index >= 15 is 0 Å². The van der Waals surface area contributed by atoms with Gasteiger partial charge in [-0.2, -0.15) is 0 Å². The van der Waals surface area contributed by atoms with E-state index in [-0.39, 0.29) is 5.56 Å². The first kappa shape index (κ1) is 20.4. The molecule has 0 saturated carbocycles. The number of nitrogens with one attached hydrogen (secondary N) is 1. The molecule has 1 amide bonds. The summed E-state index contributed by atoms with van der Waals surface area (Å²) >= 11 is 0. The Labute approximate surface area is 180 Å². The maximum absolute atomic E-state index is 14.7. The van der Waals surface area contributed by atoms with Crippen LogP contribution in [0.1, 0.15) is 33.6 Å². The van der Waals surface area contributed by atoms with Gasteiger partial charge in [-0.3, -0.25) is 9.78 Å². The Kier molecular flexibility index (Phi) is 6.15. The van der Waals surface area contributed by atoms with E-state index in [1.54, 1.807) is 48.8 Å². The van der Waals surface area contributed by atoms with Gasteiger partial charge in [0.05, 0.1) is 6.04 Å². The maximum Gasteiger partial charge on any atom is 0.251 e. The minimum absolute atomic E-state index is 0.177. The van der Waals surface area contributed by atoms with Gasteiger partial charge in [-0.1, -0.05) is 66.7 Å². The number of halogens is 1. The number of pyridine rings is 1. The molecule has 2 N–H and O–H groups in total. The number of rotatable bonds is 6. The Morgan fingerprint density at radius 1 is 0.839 bits per heavy atom. The van der Waals surface area contributed by atoms with Crippen molar-refractivity contribution >= 4 is 5.91 Å². The second kappa shape index (κ2) is 9.32.